The number of β-amino-alcohol motifs (C(OH)–C–C–N with tert-alkyl or cyclic N) is 1. The zero-order valence-electron chi connectivity index (χ0n) is 14.2. The molecule has 0 spiro atoms. The summed E-state index contributed by atoms with van der Waals surface area (Å²) in [5.41, 5.74) is 1.24. The Labute approximate surface area is 149 Å². The third-order valence-electron chi connectivity index (χ3n) is 5.05. The number of benzene rings is 1. The molecule has 26 heavy (non-hydrogen) atoms. The number of nitrogens with zero attached hydrogens (tertiary/aromatic N) is 4. The molecule has 136 valence electrons. The summed E-state index contributed by atoms with van der Waals surface area (Å²) in [4.78, 5) is 2.14. The molecule has 7 heteroatoms. The van der Waals surface area contributed by atoms with Crippen molar-refractivity contribution in [2.24, 2.45) is 0 Å². The lowest BCUT2D eigenvalue weighted by molar-refractivity contribution is 0.0962. The minimum absolute atomic E-state index is 0.323. The van der Waals surface area contributed by atoms with Gasteiger partial charge in [-0.25, -0.2) is 8.78 Å². The number of rotatable bonds is 4. The molecule has 1 aromatic carbocycles. The van der Waals surface area contributed by atoms with E-state index >= 15 is 0 Å². The summed E-state index contributed by atoms with van der Waals surface area (Å²) in [6.45, 7) is 2.03. The molecule has 0 saturated carbocycles. The van der Waals surface area contributed by atoms with Gasteiger partial charge in [0.1, 0.15) is 5.82 Å². The van der Waals surface area contributed by atoms with Crippen LogP contribution in [0.15, 0.2) is 42.6 Å². The Bertz CT molecular complexity index is 905. The highest BCUT2D eigenvalue weighted by Gasteiger charge is 2.26. The standard InChI is InChI=1S/C19H20F2N4O/c20-15-5-4-14(11-16(15)21)17(26)12-24-9-6-13(7-10-24)19-23-22-18-3-1-2-8-25(18)19/h1-5,8,11,13,17,26H,6-7,9-10,12H2. The normalized spacial score (nSPS) is 17.7. The van der Waals surface area contributed by atoms with Crippen LogP contribution in [0.5, 0.6) is 0 Å². The molecule has 1 atom stereocenters. The van der Waals surface area contributed by atoms with E-state index in [1.807, 2.05) is 28.8 Å². The number of aromatic nitrogens is 3. The van der Waals surface area contributed by atoms with Crippen molar-refractivity contribution in [3.8, 4) is 0 Å². The van der Waals surface area contributed by atoms with Gasteiger partial charge in [-0.2, -0.15) is 0 Å². The predicted molar refractivity (Wildman–Crippen MR) is 92.7 cm³/mol. The molecule has 0 amide bonds. The Morgan fingerprint density at radius 1 is 1.08 bits per heavy atom. The number of aliphatic hydroxyl groups excluding tert-OH is 1. The number of aliphatic hydroxyl groups is 1. The van der Waals surface area contributed by atoms with E-state index in [1.54, 1.807) is 0 Å². The van der Waals surface area contributed by atoms with Crippen molar-refractivity contribution in [3.05, 3.63) is 65.6 Å². The average Bonchev–Trinajstić information content (AvgIpc) is 3.09. The average molecular weight is 358 g/mol. The highest BCUT2D eigenvalue weighted by Crippen LogP contribution is 2.28. The van der Waals surface area contributed by atoms with Gasteiger partial charge in [0, 0.05) is 18.7 Å². The van der Waals surface area contributed by atoms with E-state index in [9.17, 15) is 13.9 Å². The fraction of sp³-hybridized carbons (Fsp3) is 0.368. The van der Waals surface area contributed by atoms with Gasteiger partial charge in [0.2, 0.25) is 0 Å². The largest absolute Gasteiger partial charge is 0.387 e. The van der Waals surface area contributed by atoms with Crippen molar-refractivity contribution in [1.29, 1.82) is 0 Å². The smallest absolute Gasteiger partial charge is 0.160 e. The fourth-order valence-electron chi connectivity index (χ4n) is 3.58. The topological polar surface area (TPSA) is 53.7 Å². The summed E-state index contributed by atoms with van der Waals surface area (Å²) in [5, 5.41) is 18.9. The summed E-state index contributed by atoms with van der Waals surface area (Å²) >= 11 is 0. The molecule has 1 saturated heterocycles. The van der Waals surface area contributed by atoms with E-state index in [2.05, 4.69) is 15.1 Å². The van der Waals surface area contributed by atoms with Crippen LogP contribution in [-0.4, -0.2) is 44.2 Å². The molecule has 4 rings (SSSR count). The minimum Gasteiger partial charge on any atom is -0.387 e. The third-order valence-corrected chi connectivity index (χ3v) is 5.05. The van der Waals surface area contributed by atoms with Gasteiger partial charge in [-0.05, 0) is 55.8 Å². The third kappa shape index (κ3) is 3.32. The number of pyridine rings is 1. The predicted octanol–water partition coefficient (Wildman–Crippen LogP) is 2.92. The van der Waals surface area contributed by atoms with Crippen LogP contribution in [0.25, 0.3) is 5.65 Å². The van der Waals surface area contributed by atoms with E-state index in [0.717, 1.165) is 49.5 Å². The monoisotopic (exact) mass is 358 g/mol. The molecule has 0 radical (unpaired) electrons. The van der Waals surface area contributed by atoms with Gasteiger partial charge in [-0.1, -0.05) is 12.1 Å². The number of halogens is 2. The second-order valence-corrected chi connectivity index (χ2v) is 6.75. The maximum atomic E-state index is 13.3. The fourth-order valence-corrected chi connectivity index (χ4v) is 3.58. The van der Waals surface area contributed by atoms with Gasteiger partial charge in [-0.3, -0.25) is 4.40 Å². The first-order chi connectivity index (χ1) is 12.6. The number of hydrogen-bond donors (Lipinski definition) is 1. The minimum atomic E-state index is -0.932. The quantitative estimate of drug-likeness (QED) is 0.779. The van der Waals surface area contributed by atoms with Crippen molar-refractivity contribution in [2.75, 3.05) is 19.6 Å². The molecule has 1 aliphatic rings. The van der Waals surface area contributed by atoms with E-state index in [4.69, 9.17) is 0 Å². The summed E-state index contributed by atoms with van der Waals surface area (Å²) < 4.78 is 28.4. The highest BCUT2D eigenvalue weighted by atomic mass is 19.2. The van der Waals surface area contributed by atoms with Crippen LogP contribution in [0, 0.1) is 11.6 Å². The summed E-state index contributed by atoms with van der Waals surface area (Å²) in [7, 11) is 0. The molecule has 1 N–H and O–H groups in total. The first kappa shape index (κ1) is 17.1. The van der Waals surface area contributed by atoms with Crippen molar-refractivity contribution in [1.82, 2.24) is 19.5 Å². The second kappa shape index (κ2) is 7.09. The molecule has 3 aromatic rings. The molecular formula is C19H20F2N4O. The maximum Gasteiger partial charge on any atom is 0.160 e. The van der Waals surface area contributed by atoms with Crippen LogP contribution in [0.4, 0.5) is 8.78 Å². The lowest BCUT2D eigenvalue weighted by Gasteiger charge is -2.32. The van der Waals surface area contributed by atoms with Crippen LogP contribution in [-0.2, 0) is 0 Å². The van der Waals surface area contributed by atoms with Crippen LogP contribution < -0.4 is 0 Å². The van der Waals surface area contributed by atoms with E-state index in [1.165, 1.54) is 6.07 Å². The lowest BCUT2D eigenvalue weighted by atomic mass is 9.95. The summed E-state index contributed by atoms with van der Waals surface area (Å²) in [6.07, 6.45) is 2.97. The Morgan fingerprint density at radius 2 is 1.88 bits per heavy atom. The Kier molecular flexibility index (Phi) is 4.65. The molecule has 3 heterocycles. The highest BCUT2D eigenvalue weighted by molar-refractivity contribution is 5.37. The van der Waals surface area contributed by atoms with Crippen molar-refractivity contribution >= 4 is 5.65 Å². The second-order valence-electron chi connectivity index (χ2n) is 6.75. The molecule has 0 aliphatic carbocycles. The van der Waals surface area contributed by atoms with E-state index < -0.39 is 17.7 Å². The number of hydrogen-bond acceptors (Lipinski definition) is 4. The number of likely N-dealkylation sites (tertiary alicyclic amines) is 1. The molecule has 5 nitrogen and oxygen atoms in total. The molecule has 0 bridgehead atoms. The Hall–Kier alpha value is -2.38. The van der Waals surface area contributed by atoms with Gasteiger partial charge in [0.25, 0.3) is 0 Å². The maximum absolute atomic E-state index is 13.3. The van der Waals surface area contributed by atoms with Gasteiger partial charge >= 0.3 is 0 Å². The van der Waals surface area contributed by atoms with Gasteiger partial charge in [-0.15, -0.1) is 10.2 Å². The summed E-state index contributed by atoms with van der Waals surface area (Å²) in [6, 6.07) is 9.39. The zero-order chi connectivity index (χ0) is 18.1. The van der Waals surface area contributed by atoms with Crippen LogP contribution in [0.3, 0.4) is 0 Å². The van der Waals surface area contributed by atoms with E-state index in [-0.39, 0.29) is 0 Å². The van der Waals surface area contributed by atoms with E-state index in [0.29, 0.717) is 18.0 Å². The molecule has 1 unspecified atom stereocenters. The van der Waals surface area contributed by atoms with Gasteiger partial charge in [0.15, 0.2) is 17.3 Å². The van der Waals surface area contributed by atoms with Crippen LogP contribution in [0.1, 0.15) is 36.3 Å². The first-order valence-electron chi connectivity index (χ1n) is 8.77. The van der Waals surface area contributed by atoms with Crippen molar-refractivity contribution < 1.29 is 13.9 Å². The molecule has 2 aromatic heterocycles. The van der Waals surface area contributed by atoms with Crippen molar-refractivity contribution in [3.63, 3.8) is 0 Å². The number of piperidine rings is 1. The van der Waals surface area contributed by atoms with Crippen molar-refractivity contribution in [2.45, 2.75) is 24.9 Å². The SMILES string of the molecule is OC(CN1CCC(c2nnc3ccccn23)CC1)c1ccc(F)c(F)c1. The Balaban J connectivity index is 1.38. The molecule has 1 fully saturated rings. The van der Waals surface area contributed by atoms with Crippen LogP contribution in [0.2, 0.25) is 0 Å². The Morgan fingerprint density at radius 3 is 2.65 bits per heavy atom. The zero-order valence-corrected chi connectivity index (χ0v) is 14.2. The van der Waals surface area contributed by atoms with Crippen LogP contribution >= 0.6 is 0 Å². The molecular weight excluding hydrogens is 338 g/mol. The first-order valence-corrected chi connectivity index (χ1v) is 8.77. The number of fused-ring (bicyclic) bond motifs is 1. The van der Waals surface area contributed by atoms with Gasteiger partial charge in [0.05, 0.1) is 6.10 Å². The molecule has 1 aliphatic heterocycles. The summed E-state index contributed by atoms with van der Waals surface area (Å²) in [5.74, 6) is -0.535. The lowest BCUT2D eigenvalue weighted by Crippen LogP contribution is -2.36. The van der Waals surface area contributed by atoms with Gasteiger partial charge < -0.3 is 10.0 Å².